The first kappa shape index (κ1) is 13.1. The lowest BCUT2D eigenvalue weighted by Crippen LogP contribution is -2.06. The highest BCUT2D eigenvalue weighted by Crippen LogP contribution is 2.31. The van der Waals surface area contributed by atoms with Gasteiger partial charge in [-0.3, -0.25) is 0 Å². The fraction of sp³-hybridized carbons (Fsp3) is 0.308. The number of methoxy groups -OCH3 is 2. The number of ether oxygens (including phenoxy) is 2. The van der Waals surface area contributed by atoms with Gasteiger partial charge in [0, 0.05) is 12.1 Å². The number of esters is 1. The summed E-state index contributed by atoms with van der Waals surface area (Å²) in [6.07, 6.45) is 0. The number of carbonyl (C=O) groups excluding carboxylic acids is 1. The Morgan fingerprint density at radius 1 is 1.32 bits per heavy atom. The lowest BCUT2D eigenvalue weighted by molar-refractivity contribution is 0.0595. The van der Waals surface area contributed by atoms with Gasteiger partial charge >= 0.3 is 5.97 Å². The second-order valence-corrected chi connectivity index (χ2v) is 3.79. The molecule has 0 radical (unpaired) electrons. The third kappa shape index (κ3) is 2.29. The molecule has 0 saturated heterocycles. The number of rotatable bonds is 4. The van der Waals surface area contributed by atoms with Crippen molar-refractivity contribution < 1.29 is 14.3 Å². The summed E-state index contributed by atoms with van der Waals surface area (Å²) in [4.78, 5) is 11.8. The van der Waals surface area contributed by atoms with E-state index in [0.29, 0.717) is 18.0 Å². The fourth-order valence-corrected chi connectivity index (χ4v) is 1.88. The van der Waals surface area contributed by atoms with Crippen LogP contribution in [-0.4, -0.2) is 35.2 Å². The molecule has 0 aliphatic rings. The van der Waals surface area contributed by atoms with E-state index in [2.05, 4.69) is 10.3 Å². The van der Waals surface area contributed by atoms with E-state index in [4.69, 9.17) is 9.47 Å². The van der Waals surface area contributed by atoms with E-state index in [1.807, 2.05) is 31.2 Å². The second kappa shape index (κ2) is 5.51. The molecule has 100 valence electrons. The molecule has 0 saturated carbocycles. The van der Waals surface area contributed by atoms with Crippen LogP contribution in [0.25, 0.3) is 11.3 Å². The van der Waals surface area contributed by atoms with Crippen LogP contribution in [0.1, 0.15) is 17.4 Å². The summed E-state index contributed by atoms with van der Waals surface area (Å²) in [5, 5.41) is 7.86. The zero-order valence-corrected chi connectivity index (χ0v) is 11.1. The lowest BCUT2D eigenvalue weighted by atomic mass is 10.1. The number of hydrogen-bond acceptors (Lipinski definition) is 5. The van der Waals surface area contributed by atoms with Crippen LogP contribution in [0.4, 0.5) is 0 Å². The van der Waals surface area contributed by atoms with Crippen molar-refractivity contribution in [2.24, 2.45) is 0 Å². The molecular formula is C13H15N3O3. The number of nitrogens with zero attached hydrogens (tertiary/aromatic N) is 3. The van der Waals surface area contributed by atoms with Crippen molar-refractivity contribution in [1.82, 2.24) is 15.0 Å². The third-order valence-corrected chi connectivity index (χ3v) is 2.78. The van der Waals surface area contributed by atoms with E-state index in [9.17, 15) is 4.79 Å². The van der Waals surface area contributed by atoms with Crippen molar-refractivity contribution in [3.8, 4) is 17.0 Å². The molecule has 1 aromatic carbocycles. The Hall–Kier alpha value is -2.37. The number of aryl methyl sites for hydroxylation is 1. The molecule has 6 nitrogen and oxygen atoms in total. The zero-order chi connectivity index (χ0) is 13.8. The molecule has 1 heterocycles. The van der Waals surface area contributed by atoms with Gasteiger partial charge in [-0.15, -0.1) is 5.10 Å². The number of para-hydroxylation sites is 1. The largest absolute Gasteiger partial charge is 0.496 e. The molecule has 0 amide bonds. The first-order valence-electron chi connectivity index (χ1n) is 5.88. The summed E-state index contributed by atoms with van der Waals surface area (Å²) in [5.41, 5.74) is 1.55. The Labute approximate surface area is 110 Å². The van der Waals surface area contributed by atoms with Crippen LogP contribution in [0.5, 0.6) is 5.75 Å². The van der Waals surface area contributed by atoms with Crippen LogP contribution < -0.4 is 4.74 Å². The van der Waals surface area contributed by atoms with Crippen LogP contribution in [0, 0.1) is 0 Å². The minimum absolute atomic E-state index is 0.189. The Morgan fingerprint density at radius 3 is 2.68 bits per heavy atom. The first-order valence-corrected chi connectivity index (χ1v) is 5.88. The van der Waals surface area contributed by atoms with Crippen LogP contribution >= 0.6 is 0 Å². The highest BCUT2D eigenvalue weighted by atomic mass is 16.5. The Balaban J connectivity index is 2.65. The van der Waals surface area contributed by atoms with Gasteiger partial charge in [0.1, 0.15) is 11.4 Å². The maximum absolute atomic E-state index is 11.8. The summed E-state index contributed by atoms with van der Waals surface area (Å²) in [6.45, 7) is 2.52. The Bertz CT molecular complexity index is 593. The van der Waals surface area contributed by atoms with Crippen LogP contribution in [0.15, 0.2) is 24.3 Å². The van der Waals surface area contributed by atoms with E-state index in [-0.39, 0.29) is 5.69 Å². The lowest BCUT2D eigenvalue weighted by Gasteiger charge is -2.10. The van der Waals surface area contributed by atoms with Crippen molar-refractivity contribution in [1.29, 1.82) is 0 Å². The molecule has 2 aromatic rings. The molecule has 6 heteroatoms. The van der Waals surface area contributed by atoms with Gasteiger partial charge in [0.2, 0.25) is 0 Å². The topological polar surface area (TPSA) is 66.2 Å². The maximum Gasteiger partial charge on any atom is 0.360 e. The maximum atomic E-state index is 11.8. The Kier molecular flexibility index (Phi) is 3.79. The fourth-order valence-electron chi connectivity index (χ4n) is 1.88. The average molecular weight is 261 g/mol. The summed E-state index contributed by atoms with van der Waals surface area (Å²) < 4.78 is 11.7. The predicted octanol–water partition coefficient (Wildman–Crippen LogP) is 1.76. The van der Waals surface area contributed by atoms with Crippen LogP contribution in [-0.2, 0) is 11.3 Å². The molecule has 0 atom stereocenters. The van der Waals surface area contributed by atoms with Crippen molar-refractivity contribution >= 4 is 5.97 Å². The van der Waals surface area contributed by atoms with Crippen LogP contribution in [0.3, 0.4) is 0 Å². The molecule has 1 aromatic heterocycles. The molecule has 0 fully saturated rings. The SMILES string of the molecule is CCn1nnc(C(=O)OC)c1-c1ccccc1OC. The van der Waals surface area contributed by atoms with Crippen molar-refractivity contribution in [3.63, 3.8) is 0 Å². The Morgan fingerprint density at radius 2 is 2.05 bits per heavy atom. The van der Waals surface area contributed by atoms with Crippen LogP contribution in [0.2, 0.25) is 0 Å². The molecule has 19 heavy (non-hydrogen) atoms. The van der Waals surface area contributed by atoms with Gasteiger partial charge in [-0.1, -0.05) is 17.3 Å². The van der Waals surface area contributed by atoms with Gasteiger partial charge < -0.3 is 9.47 Å². The minimum Gasteiger partial charge on any atom is -0.496 e. The number of hydrogen-bond donors (Lipinski definition) is 0. The van der Waals surface area contributed by atoms with Gasteiger partial charge in [-0.2, -0.15) is 0 Å². The van der Waals surface area contributed by atoms with Crippen molar-refractivity contribution in [2.45, 2.75) is 13.5 Å². The number of aromatic nitrogens is 3. The van der Waals surface area contributed by atoms with E-state index < -0.39 is 5.97 Å². The second-order valence-electron chi connectivity index (χ2n) is 3.79. The summed E-state index contributed by atoms with van der Waals surface area (Å²) in [7, 11) is 2.90. The van der Waals surface area contributed by atoms with Gasteiger partial charge in [-0.25, -0.2) is 9.48 Å². The molecule has 0 aliphatic carbocycles. The normalized spacial score (nSPS) is 10.3. The molecule has 0 aliphatic heterocycles. The van der Waals surface area contributed by atoms with Crippen molar-refractivity contribution in [2.75, 3.05) is 14.2 Å². The standard InChI is InChI=1S/C13H15N3O3/c1-4-16-12(11(14-15-16)13(17)19-3)9-7-5-6-8-10(9)18-2/h5-8H,4H2,1-3H3. The number of benzene rings is 1. The highest BCUT2D eigenvalue weighted by molar-refractivity contribution is 5.94. The molecule has 0 spiro atoms. The molecule has 0 unspecified atom stereocenters. The third-order valence-electron chi connectivity index (χ3n) is 2.78. The van der Waals surface area contributed by atoms with Gasteiger partial charge in [0.15, 0.2) is 5.69 Å². The molecule has 0 bridgehead atoms. The van der Waals surface area contributed by atoms with Gasteiger partial charge in [0.25, 0.3) is 0 Å². The zero-order valence-electron chi connectivity index (χ0n) is 11.1. The van der Waals surface area contributed by atoms with E-state index in [0.717, 1.165) is 5.56 Å². The summed E-state index contributed by atoms with van der Waals surface area (Å²) in [6, 6.07) is 7.41. The van der Waals surface area contributed by atoms with Gasteiger partial charge in [-0.05, 0) is 19.1 Å². The van der Waals surface area contributed by atoms with E-state index >= 15 is 0 Å². The number of carbonyl (C=O) groups is 1. The monoisotopic (exact) mass is 261 g/mol. The summed E-state index contributed by atoms with van der Waals surface area (Å²) in [5.74, 6) is 0.144. The first-order chi connectivity index (χ1) is 9.22. The smallest absolute Gasteiger partial charge is 0.360 e. The predicted molar refractivity (Wildman–Crippen MR) is 69.0 cm³/mol. The summed E-state index contributed by atoms with van der Waals surface area (Å²) >= 11 is 0. The molecular weight excluding hydrogens is 246 g/mol. The molecule has 2 rings (SSSR count). The highest BCUT2D eigenvalue weighted by Gasteiger charge is 2.23. The van der Waals surface area contributed by atoms with Gasteiger partial charge in [0.05, 0.1) is 14.2 Å². The molecule has 0 N–H and O–H groups in total. The minimum atomic E-state index is -0.513. The quantitative estimate of drug-likeness (QED) is 0.784. The van der Waals surface area contributed by atoms with E-state index in [1.165, 1.54) is 7.11 Å². The van der Waals surface area contributed by atoms with Crippen molar-refractivity contribution in [3.05, 3.63) is 30.0 Å². The van der Waals surface area contributed by atoms with E-state index in [1.54, 1.807) is 11.8 Å². The average Bonchev–Trinajstić information content (AvgIpc) is 2.89.